The van der Waals surface area contributed by atoms with Crippen LogP contribution in [0.15, 0.2) is 22.6 Å². The average Bonchev–Trinajstić information content (AvgIpc) is 2.74. The third-order valence-corrected chi connectivity index (χ3v) is 2.63. The monoisotopic (exact) mass is 298 g/mol. The maximum absolute atomic E-state index is 13.2. The molecule has 5 nitrogen and oxygen atoms in total. The number of anilines is 2. The molecule has 0 aliphatic carbocycles. The second kappa shape index (κ2) is 6.67. The van der Waals surface area contributed by atoms with Crippen molar-refractivity contribution in [2.24, 2.45) is 5.92 Å². The largest absolute Gasteiger partial charge is 0.406 e. The van der Waals surface area contributed by atoms with Gasteiger partial charge >= 0.3 is 6.01 Å². The highest BCUT2D eigenvalue weighted by Crippen LogP contribution is 2.21. The second-order valence-electron chi connectivity index (χ2n) is 4.81. The standard InChI is InChI=1S/C13H16ClFN4O/c1-8(2)6-16-7-12-18-19-13(20-12)17-11-4-9(14)3-10(15)5-11/h3-5,8,16H,6-7H2,1-2H3,(H,17,19). The number of hydrogen-bond acceptors (Lipinski definition) is 5. The smallest absolute Gasteiger partial charge is 0.320 e. The molecule has 0 bridgehead atoms. The fraction of sp³-hybridized carbons (Fsp3) is 0.385. The Hall–Kier alpha value is -1.66. The topological polar surface area (TPSA) is 63.0 Å². The third kappa shape index (κ3) is 4.47. The molecule has 1 heterocycles. The number of aromatic nitrogens is 2. The zero-order chi connectivity index (χ0) is 14.5. The minimum atomic E-state index is -0.432. The number of halogens is 2. The quantitative estimate of drug-likeness (QED) is 0.856. The highest BCUT2D eigenvalue weighted by Gasteiger charge is 2.07. The van der Waals surface area contributed by atoms with Crippen molar-refractivity contribution in [2.75, 3.05) is 11.9 Å². The Morgan fingerprint density at radius 3 is 2.80 bits per heavy atom. The average molecular weight is 299 g/mol. The number of nitrogens with zero attached hydrogens (tertiary/aromatic N) is 2. The summed E-state index contributed by atoms with van der Waals surface area (Å²) in [6.07, 6.45) is 0. The molecule has 2 rings (SSSR count). The first kappa shape index (κ1) is 14.7. The van der Waals surface area contributed by atoms with Gasteiger partial charge in [0.15, 0.2) is 0 Å². The fourth-order valence-corrected chi connectivity index (χ4v) is 1.81. The maximum Gasteiger partial charge on any atom is 0.320 e. The minimum absolute atomic E-state index is 0.202. The Labute approximate surface area is 121 Å². The maximum atomic E-state index is 13.2. The number of hydrogen-bond donors (Lipinski definition) is 2. The van der Waals surface area contributed by atoms with E-state index >= 15 is 0 Å². The van der Waals surface area contributed by atoms with Gasteiger partial charge in [-0.2, -0.15) is 0 Å². The molecule has 2 N–H and O–H groups in total. The summed E-state index contributed by atoms with van der Waals surface area (Å²) in [4.78, 5) is 0. The first-order chi connectivity index (χ1) is 9.52. The van der Waals surface area contributed by atoms with Gasteiger partial charge in [-0.25, -0.2) is 4.39 Å². The molecule has 0 amide bonds. The lowest BCUT2D eigenvalue weighted by Crippen LogP contribution is -2.19. The van der Waals surface area contributed by atoms with Crippen LogP contribution in [0.2, 0.25) is 5.02 Å². The highest BCUT2D eigenvalue weighted by atomic mass is 35.5. The van der Waals surface area contributed by atoms with E-state index in [1.54, 1.807) is 6.07 Å². The first-order valence-corrected chi connectivity index (χ1v) is 6.67. The Bertz CT molecular complexity index is 553. The molecule has 0 aliphatic rings. The summed E-state index contributed by atoms with van der Waals surface area (Å²) in [5, 5.41) is 14.0. The lowest BCUT2D eigenvalue weighted by Gasteiger charge is -2.04. The van der Waals surface area contributed by atoms with Gasteiger partial charge in [-0.1, -0.05) is 30.5 Å². The van der Waals surface area contributed by atoms with Crippen molar-refractivity contribution in [3.63, 3.8) is 0 Å². The van der Waals surface area contributed by atoms with Gasteiger partial charge in [0, 0.05) is 10.7 Å². The first-order valence-electron chi connectivity index (χ1n) is 6.29. The van der Waals surface area contributed by atoms with Crippen LogP contribution in [0, 0.1) is 11.7 Å². The summed E-state index contributed by atoms with van der Waals surface area (Å²) < 4.78 is 18.6. The van der Waals surface area contributed by atoms with Crippen LogP contribution in [-0.2, 0) is 6.54 Å². The normalized spacial score (nSPS) is 11.1. The summed E-state index contributed by atoms with van der Waals surface area (Å²) >= 11 is 5.76. The van der Waals surface area contributed by atoms with Crippen LogP contribution < -0.4 is 10.6 Å². The summed E-state index contributed by atoms with van der Waals surface area (Å²) in [5.41, 5.74) is 0.459. The summed E-state index contributed by atoms with van der Waals surface area (Å²) in [6, 6.07) is 4.30. The van der Waals surface area contributed by atoms with Gasteiger partial charge in [-0.3, -0.25) is 0 Å². The predicted molar refractivity (Wildman–Crippen MR) is 75.5 cm³/mol. The molecule has 0 unspecified atom stereocenters. The Kier molecular flexibility index (Phi) is 4.92. The van der Waals surface area contributed by atoms with E-state index in [9.17, 15) is 4.39 Å². The van der Waals surface area contributed by atoms with E-state index in [1.165, 1.54) is 12.1 Å². The van der Waals surface area contributed by atoms with E-state index in [2.05, 4.69) is 34.7 Å². The van der Waals surface area contributed by atoms with E-state index in [1.807, 2.05) is 0 Å². The SMILES string of the molecule is CC(C)CNCc1nnc(Nc2cc(F)cc(Cl)c2)o1. The van der Waals surface area contributed by atoms with Crippen molar-refractivity contribution in [1.82, 2.24) is 15.5 Å². The lowest BCUT2D eigenvalue weighted by molar-refractivity contribution is 0.460. The molecule has 0 fully saturated rings. The molecule has 0 saturated carbocycles. The van der Waals surface area contributed by atoms with Crippen molar-refractivity contribution >= 4 is 23.3 Å². The van der Waals surface area contributed by atoms with E-state index in [0.717, 1.165) is 6.54 Å². The molecular formula is C13H16ClFN4O. The van der Waals surface area contributed by atoms with Gasteiger partial charge in [0.05, 0.1) is 6.54 Å². The van der Waals surface area contributed by atoms with Gasteiger partial charge in [0.1, 0.15) is 5.82 Å². The summed E-state index contributed by atoms with van der Waals surface area (Å²) in [7, 11) is 0. The highest BCUT2D eigenvalue weighted by molar-refractivity contribution is 6.30. The number of nitrogens with one attached hydrogen (secondary N) is 2. The van der Waals surface area contributed by atoms with E-state index < -0.39 is 5.82 Å². The summed E-state index contributed by atoms with van der Waals surface area (Å²) in [6.45, 7) is 5.59. The summed E-state index contributed by atoms with van der Waals surface area (Å²) in [5.74, 6) is 0.582. The molecule has 2 aromatic rings. The molecule has 108 valence electrons. The molecule has 7 heteroatoms. The zero-order valence-electron chi connectivity index (χ0n) is 11.3. The molecule has 20 heavy (non-hydrogen) atoms. The molecule has 0 atom stereocenters. The van der Waals surface area contributed by atoms with Crippen molar-refractivity contribution in [3.8, 4) is 0 Å². The van der Waals surface area contributed by atoms with Crippen molar-refractivity contribution in [2.45, 2.75) is 20.4 Å². The number of rotatable bonds is 6. The van der Waals surface area contributed by atoms with Crippen LogP contribution >= 0.6 is 11.6 Å². The fourth-order valence-electron chi connectivity index (χ4n) is 1.59. The molecule has 1 aromatic heterocycles. The lowest BCUT2D eigenvalue weighted by atomic mass is 10.2. The Morgan fingerprint density at radius 1 is 1.30 bits per heavy atom. The second-order valence-corrected chi connectivity index (χ2v) is 5.25. The molecule has 0 spiro atoms. The van der Waals surface area contributed by atoms with Crippen molar-refractivity contribution in [1.29, 1.82) is 0 Å². The van der Waals surface area contributed by atoms with E-state index in [4.69, 9.17) is 16.0 Å². The third-order valence-electron chi connectivity index (χ3n) is 2.41. The molecule has 1 aromatic carbocycles. The Balaban J connectivity index is 1.95. The van der Waals surface area contributed by atoms with Crippen LogP contribution in [0.1, 0.15) is 19.7 Å². The molecule has 0 radical (unpaired) electrons. The van der Waals surface area contributed by atoms with Crippen LogP contribution in [0.3, 0.4) is 0 Å². The van der Waals surface area contributed by atoms with Crippen LogP contribution in [0.25, 0.3) is 0 Å². The van der Waals surface area contributed by atoms with Crippen LogP contribution in [-0.4, -0.2) is 16.7 Å². The van der Waals surface area contributed by atoms with Gasteiger partial charge < -0.3 is 15.1 Å². The van der Waals surface area contributed by atoms with Gasteiger partial charge in [0.25, 0.3) is 0 Å². The van der Waals surface area contributed by atoms with Gasteiger partial charge in [-0.15, -0.1) is 5.10 Å². The van der Waals surface area contributed by atoms with Crippen molar-refractivity contribution in [3.05, 3.63) is 34.9 Å². The van der Waals surface area contributed by atoms with E-state index in [0.29, 0.717) is 29.1 Å². The predicted octanol–water partition coefficient (Wildman–Crippen LogP) is 3.35. The van der Waals surface area contributed by atoms with Crippen molar-refractivity contribution < 1.29 is 8.81 Å². The number of benzene rings is 1. The van der Waals surface area contributed by atoms with Crippen LogP contribution in [0.5, 0.6) is 0 Å². The zero-order valence-corrected chi connectivity index (χ0v) is 12.0. The molecule has 0 saturated heterocycles. The molecule has 0 aliphatic heterocycles. The van der Waals surface area contributed by atoms with Gasteiger partial charge in [0.2, 0.25) is 5.89 Å². The molecular weight excluding hydrogens is 283 g/mol. The van der Waals surface area contributed by atoms with E-state index in [-0.39, 0.29) is 6.01 Å². The minimum Gasteiger partial charge on any atom is -0.406 e. The Morgan fingerprint density at radius 2 is 2.10 bits per heavy atom. The van der Waals surface area contributed by atoms with Crippen LogP contribution in [0.4, 0.5) is 16.1 Å². The van der Waals surface area contributed by atoms with Gasteiger partial charge in [-0.05, 0) is 30.7 Å².